The number of halogens is 2. The minimum absolute atomic E-state index is 0.0551. The van der Waals surface area contributed by atoms with Gasteiger partial charge in [0.1, 0.15) is 0 Å². The molecule has 3 rings (SSSR count). The summed E-state index contributed by atoms with van der Waals surface area (Å²) in [6, 6.07) is 29.3. The average molecular weight is 612 g/mol. The van der Waals surface area contributed by atoms with Crippen LogP contribution in [-0.4, -0.2) is 6.04 Å². The van der Waals surface area contributed by atoms with E-state index >= 15 is 0 Å². The second-order valence-electron chi connectivity index (χ2n) is 8.95. The molecule has 0 spiro atoms. The van der Waals surface area contributed by atoms with Gasteiger partial charge >= 0.3 is 0 Å². The molecule has 0 saturated heterocycles. The predicted octanol–water partition coefficient (Wildman–Crippen LogP) is 7.52. The lowest BCUT2D eigenvalue weighted by molar-refractivity contribution is 0.281. The Morgan fingerprint density at radius 3 is 2.24 bits per heavy atom. The van der Waals surface area contributed by atoms with Crippen molar-refractivity contribution in [2.75, 3.05) is 0 Å². The number of nitriles is 2. The van der Waals surface area contributed by atoms with Crippen molar-refractivity contribution in [3.8, 4) is 12.1 Å². The van der Waals surface area contributed by atoms with Crippen LogP contribution in [0.25, 0.3) is 0 Å². The predicted molar refractivity (Wildman–Crippen MR) is 146 cm³/mol. The summed E-state index contributed by atoms with van der Waals surface area (Å²) in [6.45, 7) is 6.13. The number of hydrogen-bond donors (Lipinski definition) is 1. The Kier molecular flexibility index (Phi) is 8.70. The van der Waals surface area contributed by atoms with E-state index in [0.29, 0.717) is 5.56 Å². The van der Waals surface area contributed by atoms with Gasteiger partial charge in [-0.3, -0.25) is 0 Å². The summed E-state index contributed by atoms with van der Waals surface area (Å²) in [5, 5.41) is 23.2. The Morgan fingerprint density at radius 2 is 1.64 bits per heavy atom. The van der Waals surface area contributed by atoms with Crippen LogP contribution >= 0.6 is 38.5 Å². The summed E-state index contributed by atoms with van der Waals surface area (Å²) in [5.74, 6) is 0.130. The van der Waals surface area contributed by atoms with E-state index in [-0.39, 0.29) is 18.0 Å². The zero-order chi connectivity index (χ0) is 24.0. The zero-order valence-electron chi connectivity index (χ0n) is 19.0. The fourth-order valence-electron chi connectivity index (χ4n) is 4.12. The summed E-state index contributed by atoms with van der Waals surface area (Å²) in [6.07, 6.45) is 0.833. The van der Waals surface area contributed by atoms with Gasteiger partial charge in [-0.1, -0.05) is 52.3 Å². The lowest BCUT2D eigenvalue weighted by atomic mass is 9.79. The van der Waals surface area contributed by atoms with E-state index in [9.17, 15) is 10.5 Å². The van der Waals surface area contributed by atoms with E-state index in [2.05, 4.69) is 105 Å². The maximum absolute atomic E-state index is 9.94. The normalized spacial score (nSPS) is 14.0. The topological polar surface area (TPSA) is 59.6 Å². The fourth-order valence-corrected chi connectivity index (χ4v) is 4.74. The lowest BCUT2D eigenvalue weighted by Gasteiger charge is -2.35. The Morgan fingerprint density at radius 1 is 0.970 bits per heavy atom. The van der Waals surface area contributed by atoms with Crippen LogP contribution in [0.15, 0.2) is 77.3 Å². The maximum Gasteiger partial charge on any atom is 0.0991 e. The number of nitrogens with one attached hydrogen (secondary N) is 1. The fraction of sp³-hybridized carbons (Fsp3) is 0.286. The highest BCUT2D eigenvalue weighted by Crippen LogP contribution is 2.36. The molecule has 0 fully saturated rings. The van der Waals surface area contributed by atoms with Gasteiger partial charge in [0, 0.05) is 20.0 Å². The average Bonchev–Trinajstić information content (AvgIpc) is 2.82. The third-order valence-electron chi connectivity index (χ3n) is 6.06. The van der Waals surface area contributed by atoms with Gasteiger partial charge in [-0.25, -0.2) is 0 Å². The SMILES string of the molecule is C[C@H](NC(c1ccc(Br)cc1)C(C)(C)C#N)[C@@H](Cc1ccc(I)cc1)c1cccc(C#N)c1. The molecule has 0 aromatic heterocycles. The van der Waals surface area contributed by atoms with Gasteiger partial charge in [0.2, 0.25) is 0 Å². The Bertz CT molecular complexity index is 1160. The third kappa shape index (κ3) is 6.67. The van der Waals surface area contributed by atoms with Gasteiger partial charge in [-0.15, -0.1) is 0 Å². The van der Waals surface area contributed by atoms with Crippen LogP contribution < -0.4 is 5.32 Å². The van der Waals surface area contributed by atoms with Crippen LogP contribution in [0.3, 0.4) is 0 Å². The lowest BCUT2D eigenvalue weighted by Crippen LogP contribution is -2.42. The number of rotatable bonds is 8. The highest BCUT2D eigenvalue weighted by molar-refractivity contribution is 14.1. The minimum atomic E-state index is -0.607. The molecule has 0 radical (unpaired) electrons. The number of nitrogens with zero attached hydrogens (tertiary/aromatic N) is 2. The van der Waals surface area contributed by atoms with Crippen LogP contribution in [0, 0.1) is 31.6 Å². The zero-order valence-corrected chi connectivity index (χ0v) is 22.8. The van der Waals surface area contributed by atoms with Crippen LogP contribution in [0.2, 0.25) is 0 Å². The van der Waals surface area contributed by atoms with Gasteiger partial charge in [-0.05, 0) is 103 Å². The van der Waals surface area contributed by atoms with Crippen LogP contribution in [-0.2, 0) is 6.42 Å². The van der Waals surface area contributed by atoms with Crippen molar-refractivity contribution in [2.45, 2.75) is 45.2 Å². The molecule has 0 aliphatic rings. The number of hydrogen-bond acceptors (Lipinski definition) is 3. The molecular formula is C28H27BrIN3. The van der Waals surface area contributed by atoms with E-state index in [1.54, 1.807) is 0 Å². The van der Waals surface area contributed by atoms with Gasteiger partial charge < -0.3 is 5.32 Å². The van der Waals surface area contributed by atoms with E-state index in [4.69, 9.17) is 0 Å². The van der Waals surface area contributed by atoms with Crippen molar-refractivity contribution in [1.82, 2.24) is 5.32 Å². The number of benzene rings is 3. The van der Waals surface area contributed by atoms with Crippen molar-refractivity contribution in [3.63, 3.8) is 0 Å². The van der Waals surface area contributed by atoms with Crippen molar-refractivity contribution < 1.29 is 0 Å². The van der Waals surface area contributed by atoms with E-state index in [1.165, 1.54) is 9.13 Å². The van der Waals surface area contributed by atoms with Crippen molar-refractivity contribution in [2.24, 2.45) is 5.41 Å². The summed E-state index contributed by atoms with van der Waals surface area (Å²) >= 11 is 5.83. The molecular weight excluding hydrogens is 585 g/mol. The van der Waals surface area contributed by atoms with Gasteiger partial charge in [0.15, 0.2) is 0 Å². The summed E-state index contributed by atoms with van der Waals surface area (Å²) in [5.41, 5.74) is 3.50. The summed E-state index contributed by atoms with van der Waals surface area (Å²) in [4.78, 5) is 0. The molecule has 0 saturated carbocycles. The highest BCUT2D eigenvalue weighted by Gasteiger charge is 2.34. The summed E-state index contributed by atoms with van der Waals surface area (Å²) < 4.78 is 2.22. The van der Waals surface area contributed by atoms with Crippen molar-refractivity contribution in [1.29, 1.82) is 10.5 Å². The molecule has 0 bridgehead atoms. The second-order valence-corrected chi connectivity index (χ2v) is 11.1. The largest absolute Gasteiger partial charge is 0.305 e. The molecule has 0 aliphatic heterocycles. The van der Waals surface area contributed by atoms with Gasteiger partial charge in [0.05, 0.1) is 29.2 Å². The Labute approximate surface area is 219 Å². The first-order chi connectivity index (χ1) is 15.7. The molecule has 0 amide bonds. The second kappa shape index (κ2) is 11.3. The first-order valence-corrected chi connectivity index (χ1v) is 12.8. The Hall–Kier alpha value is -2.19. The first-order valence-electron chi connectivity index (χ1n) is 10.9. The molecule has 1 unspecified atom stereocenters. The first kappa shape index (κ1) is 25.4. The molecule has 0 heterocycles. The molecule has 5 heteroatoms. The molecule has 168 valence electrons. The Balaban J connectivity index is 1.98. The monoisotopic (exact) mass is 611 g/mol. The maximum atomic E-state index is 9.94. The van der Waals surface area contributed by atoms with Crippen molar-refractivity contribution in [3.05, 3.63) is 103 Å². The van der Waals surface area contributed by atoms with Crippen LogP contribution in [0.1, 0.15) is 55.0 Å². The van der Waals surface area contributed by atoms with Crippen LogP contribution in [0.4, 0.5) is 0 Å². The van der Waals surface area contributed by atoms with E-state index < -0.39 is 5.41 Å². The highest BCUT2D eigenvalue weighted by atomic mass is 127. The molecule has 3 aromatic rings. The molecule has 3 nitrogen and oxygen atoms in total. The quantitative estimate of drug-likeness (QED) is 0.268. The molecule has 0 aliphatic carbocycles. The van der Waals surface area contributed by atoms with E-state index in [0.717, 1.165) is 22.0 Å². The van der Waals surface area contributed by atoms with E-state index in [1.807, 2.05) is 44.2 Å². The molecule has 3 aromatic carbocycles. The van der Waals surface area contributed by atoms with Crippen molar-refractivity contribution >= 4 is 38.5 Å². The van der Waals surface area contributed by atoms with Gasteiger partial charge in [0.25, 0.3) is 0 Å². The smallest absolute Gasteiger partial charge is 0.0991 e. The molecule has 3 atom stereocenters. The summed E-state index contributed by atoms with van der Waals surface area (Å²) in [7, 11) is 0. The van der Waals surface area contributed by atoms with Crippen LogP contribution in [0.5, 0.6) is 0 Å². The molecule has 1 N–H and O–H groups in total. The standard InChI is InChI=1S/C28H27BrIN3/c1-19(33-27(28(2,3)18-32)22-9-11-24(29)12-10-22)26(16-20-7-13-25(30)14-8-20)23-6-4-5-21(15-23)17-31/h4-15,19,26-27,33H,16H2,1-3H3/t19-,26+,27?/m0/s1. The minimum Gasteiger partial charge on any atom is -0.305 e. The molecule has 33 heavy (non-hydrogen) atoms. The third-order valence-corrected chi connectivity index (χ3v) is 7.31. The van der Waals surface area contributed by atoms with Gasteiger partial charge in [-0.2, -0.15) is 10.5 Å².